The Bertz CT molecular complexity index is 1320. The van der Waals surface area contributed by atoms with E-state index in [1.807, 2.05) is 0 Å². The molecule has 0 spiro atoms. The first-order valence-corrected chi connectivity index (χ1v) is 12.3. The topological polar surface area (TPSA) is 103 Å². The van der Waals surface area contributed by atoms with Gasteiger partial charge in [-0.25, -0.2) is 17.5 Å². The fraction of sp³-hybridized carbons (Fsp3) is 0.348. The molecule has 1 saturated carbocycles. The number of pyridine rings is 1. The second-order valence-electron chi connectivity index (χ2n) is 8.36. The lowest BCUT2D eigenvalue weighted by Crippen LogP contribution is -2.54. The van der Waals surface area contributed by atoms with E-state index >= 15 is 0 Å². The van der Waals surface area contributed by atoms with E-state index in [1.165, 1.54) is 48.5 Å². The second kappa shape index (κ2) is 9.33. The Morgan fingerprint density at radius 2 is 1.91 bits per heavy atom. The fourth-order valence-corrected chi connectivity index (χ4v) is 5.78. The highest BCUT2D eigenvalue weighted by molar-refractivity contribution is 7.92. The van der Waals surface area contributed by atoms with Crippen molar-refractivity contribution in [3.05, 3.63) is 65.9 Å². The molecule has 12 heteroatoms. The third-order valence-electron chi connectivity index (χ3n) is 5.86. The van der Waals surface area contributed by atoms with Crippen LogP contribution in [-0.4, -0.2) is 47.5 Å². The third-order valence-corrected chi connectivity index (χ3v) is 8.15. The maximum Gasteiger partial charge on any atom is 0.286 e. The molecule has 1 aliphatic rings. The molecule has 0 saturated heterocycles. The molecule has 35 heavy (non-hydrogen) atoms. The van der Waals surface area contributed by atoms with Gasteiger partial charge in [-0.2, -0.15) is 8.78 Å². The van der Waals surface area contributed by atoms with E-state index in [9.17, 15) is 26.4 Å². The van der Waals surface area contributed by atoms with Crippen molar-refractivity contribution < 1.29 is 31.1 Å². The molecule has 0 aliphatic heterocycles. The summed E-state index contributed by atoms with van der Waals surface area (Å²) in [6, 6.07) is 6.63. The molecule has 0 bridgehead atoms. The Hall–Kier alpha value is -3.41. The largest absolute Gasteiger partial charge is 0.480 e. The first-order valence-electron chi connectivity index (χ1n) is 10.7. The van der Waals surface area contributed by atoms with Gasteiger partial charge in [0, 0.05) is 24.7 Å². The van der Waals surface area contributed by atoms with E-state index in [2.05, 4.69) is 15.4 Å². The van der Waals surface area contributed by atoms with Crippen LogP contribution in [0.1, 0.15) is 31.0 Å². The number of amides is 1. The number of benzene rings is 1. The summed E-state index contributed by atoms with van der Waals surface area (Å²) in [6.07, 6.45) is 3.50. The SMILES string of the molecule is COc1nn(-c2ccc(C(C)(F)F)nc2)cc1CC(=O)N[C@@H]1CC[C@@H]1S(=O)(=O)c1ccc(F)cc1. The zero-order chi connectivity index (χ0) is 25.4. The van der Waals surface area contributed by atoms with Crippen LogP contribution < -0.4 is 10.1 Å². The van der Waals surface area contributed by atoms with Gasteiger partial charge in [-0.05, 0) is 49.2 Å². The summed E-state index contributed by atoms with van der Waals surface area (Å²) in [7, 11) is -2.35. The summed E-state index contributed by atoms with van der Waals surface area (Å²) in [5, 5.41) is 6.16. The normalized spacial score (nSPS) is 18.1. The summed E-state index contributed by atoms with van der Waals surface area (Å²) in [6.45, 7) is 0.750. The zero-order valence-corrected chi connectivity index (χ0v) is 19.7. The lowest BCUT2D eigenvalue weighted by atomic mass is 9.92. The van der Waals surface area contributed by atoms with Crippen molar-refractivity contribution in [2.45, 2.75) is 48.3 Å². The number of rotatable bonds is 8. The number of ether oxygens (including phenoxy) is 1. The van der Waals surface area contributed by atoms with Gasteiger partial charge in [0.1, 0.15) is 11.5 Å². The molecule has 1 amide bonds. The molecule has 1 aromatic carbocycles. The van der Waals surface area contributed by atoms with Gasteiger partial charge >= 0.3 is 0 Å². The maximum absolute atomic E-state index is 13.4. The van der Waals surface area contributed by atoms with Crippen molar-refractivity contribution in [1.29, 1.82) is 0 Å². The van der Waals surface area contributed by atoms with E-state index in [4.69, 9.17) is 4.74 Å². The van der Waals surface area contributed by atoms with Crippen molar-refractivity contribution in [3.63, 3.8) is 0 Å². The molecular formula is C23H23F3N4O4S. The molecule has 8 nitrogen and oxygen atoms in total. The molecule has 186 valence electrons. The first kappa shape index (κ1) is 24.7. The van der Waals surface area contributed by atoms with Crippen LogP contribution in [0, 0.1) is 5.82 Å². The maximum atomic E-state index is 13.4. The predicted molar refractivity (Wildman–Crippen MR) is 120 cm³/mol. The van der Waals surface area contributed by atoms with Gasteiger partial charge < -0.3 is 10.1 Å². The number of methoxy groups -OCH3 is 1. The Morgan fingerprint density at radius 3 is 2.46 bits per heavy atom. The highest BCUT2D eigenvalue weighted by atomic mass is 32.2. The summed E-state index contributed by atoms with van der Waals surface area (Å²) >= 11 is 0. The number of sulfone groups is 1. The molecule has 4 rings (SSSR count). The minimum absolute atomic E-state index is 0.00579. The van der Waals surface area contributed by atoms with Crippen LogP contribution in [0.25, 0.3) is 5.69 Å². The molecule has 2 atom stereocenters. The van der Waals surface area contributed by atoms with Crippen LogP contribution in [-0.2, 0) is 27.0 Å². The number of hydrogen-bond donors (Lipinski definition) is 1. The number of carbonyl (C=O) groups is 1. The van der Waals surface area contributed by atoms with Crippen LogP contribution in [0.15, 0.2) is 53.7 Å². The Morgan fingerprint density at radius 1 is 1.20 bits per heavy atom. The zero-order valence-electron chi connectivity index (χ0n) is 18.9. The van der Waals surface area contributed by atoms with Crippen molar-refractivity contribution >= 4 is 15.7 Å². The lowest BCUT2D eigenvalue weighted by Gasteiger charge is -2.36. The van der Waals surface area contributed by atoms with Crippen LogP contribution in [0.3, 0.4) is 0 Å². The van der Waals surface area contributed by atoms with Crippen molar-refractivity contribution in [2.24, 2.45) is 0 Å². The smallest absolute Gasteiger partial charge is 0.286 e. The Labute approximate surface area is 200 Å². The van der Waals surface area contributed by atoms with Gasteiger partial charge in [0.25, 0.3) is 5.92 Å². The number of carbonyl (C=O) groups excluding carboxylic acids is 1. The minimum Gasteiger partial charge on any atom is -0.480 e. The van der Waals surface area contributed by atoms with E-state index in [0.717, 1.165) is 19.1 Å². The standard InChI is InChI=1S/C23H23F3N4O4S/c1-23(25,26)20-10-5-16(12-27-20)30-13-14(22(29-30)34-2)11-21(31)28-18-8-9-19(18)35(32,33)17-6-3-15(24)4-7-17/h3-7,10,12-13,18-19H,8-9,11H2,1-2H3,(H,28,31)/t18-,19+/m1/s1. The van der Waals surface area contributed by atoms with Crippen LogP contribution in [0.5, 0.6) is 5.88 Å². The number of alkyl halides is 2. The van der Waals surface area contributed by atoms with Gasteiger partial charge in [0.05, 0.1) is 35.6 Å². The Balaban J connectivity index is 1.45. The van der Waals surface area contributed by atoms with Gasteiger partial charge in [-0.3, -0.25) is 9.78 Å². The first-order chi connectivity index (χ1) is 16.5. The van der Waals surface area contributed by atoms with E-state index < -0.39 is 38.8 Å². The molecule has 1 aliphatic carbocycles. The summed E-state index contributed by atoms with van der Waals surface area (Å²) in [4.78, 5) is 16.5. The lowest BCUT2D eigenvalue weighted by molar-refractivity contribution is -0.121. The third kappa shape index (κ3) is 5.16. The number of nitrogens with one attached hydrogen (secondary N) is 1. The van der Waals surface area contributed by atoms with Crippen molar-refractivity contribution in [1.82, 2.24) is 20.1 Å². The summed E-state index contributed by atoms with van der Waals surface area (Å²) in [5.74, 6) is -3.88. The number of aromatic nitrogens is 3. The summed E-state index contributed by atoms with van der Waals surface area (Å²) < 4.78 is 72.3. The van der Waals surface area contributed by atoms with Crippen LogP contribution in [0.2, 0.25) is 0 Å². The van der Waals surface area contributed by atoms with Crippen molar-refractivity contribution in [3.8, 4) is 11.6 Å². The average Bonchev–Trinajstić information content (AvgIpc) is 3.19. The Kier molecular flexibility index (Phi) is 6.58. The van der Waals surface area contributed by atoms with E-state index in [-0.39, 0.29) is 22.9 Å². The van der Waals surface area contributed by atoms with E-state index in [0.29, 0.717) is 24.1 Å². The molecular weight excluding hydrogens is 485 g/mol. The monoisotopic (exact) mass is 508 g/mol. The van der Waals surface area contributed by atoms with E-state index in [1.54, 1.807) is 0 Å². The number of nitrogens with zero attached hydrogens (tertiary/aromatic N) is 3. The summed E-state index contributed by atoms with van der Waals surface area (Å²) in [5.41, 5.74) is 0.435. The molecule has 2 heterocycles. The van der Waals surface area contributed by atoms with Gasteiger partial charge in [0.15, 0.2) is 9.84 Å². The predicted octanol–water partition coefficient (Wildman–Crippen LogP) is 3.19. The average molecular weight is 509 g/mol. The van der Waals surface area contributed by atoms with Gasteiger partial charge in [0.2, 0.25) is 11.8 Å². The second-order valence-corrected chi connectivity index (χ2v) is 10.5. The quantitative estimate of drug-likeness (QED) is 0.469. The number of hydrogen-bond acceptors (Lipinski definition) is 6. The molecule has 0 unspecified atom stereocenters. The van der Waals surface area contributed by atoms with Gasteiger partial charge in [-0.15, -0.1) is 5.10 Å². The van der Waals surface area contributed by atoms with Crippen LogP contribution >= 0.6 is 0 Å². The van der Waals surface area contributed by atoms with Gasteiger partial charge in [-0.1, -0.05) is 0 Å². The molecule has 1 N–H and O–H groups in total. The molecule has 0 radical (unpaired) electrons. The molecule has 2 aromatic heterocycles. The van der Waals surface area contributed by atoms with Crippen molar-refractivity contribution in [2.75, 3.05) is 7.11 Å². The highest BCUT2D eigenvalue weighted by Crippen LogP contribution is 2.32. The van der Waals surface area contributed by atoms with Crippen LogP contribution in [0.4, 0.5) is 13.2 Å². The fourth-order valence-electron chi connectivity index (χ4n) is 3.84. The number of halogens is 3. The minimum atomic E-state index is -3.73. The molecule has 1 fully saturated rings. The highest BCUT2D eigenvalue weighted by Gasteiger charge is 2.42. The molecule has 3 aromatic rings.